The van der Waals surface area contributed by atoms with Gasteiger partial charge in [0.05, 0.1) is 29.0 Å². The number of pyridine rings is 1. The number of nitrogens with one attached hydrogen (secondary N) is 2. The predicted octanol–water partition coefficient (Wildman–Crippen LogP) is 0.000280. The third-order valence-electron chi connectivity index (χ3n) is 5.46. The molecule has 25 heavy (non-hydrogen) atoms. The molecule has 2 amide bonds. The number of carbonyl (C=O) groups is 2. The van der Waals surface area contributed by atoms with E-state index in [1.807, 2.05) is 0 Å². The number of H-pyrrole nitrogens is 1. The lowest BCUT2D eigenvalue weighted by atomic mass is 9.94. The van der Waals surface area contributed by atoms with Crippen LogP contribution in [0.3, 0.4) is 0 Å². The third-order valence-corrected chi connectivity index (χ3v) is 5.46. The van der Waals surface area contributed by atoms with Gasteiger partial charge in [-0.05, 0) is 25.3 Å². The highest BCUT2D eigenvalue weighted by molar-refractivity contribution is 5.97. The van der Waals surface area contributed by atoms with Gasteiger partial charge in [0.15, 0.2) is 0 Å². The second-order valence-corrected chi connectivity index (χ2v) is 7.37. The minimum absolute atomic E-state index is 0.180. The highest BCUT2D eigenvalue weighted by Crippen LogP contribution is 2.47. The first-order valence-electron chi connectivity index (χ1n) is 8.42. The summed E-state index contributed by atoms with van der Waals surface area (Å²) in [5.74, 6) is -0.508. The molecule has 3 heterocycles. The molecule has 8 heteroatoms. The van der Waals surface area contributed by atoms with Crippen LogP contribution in [0.15, 0.2) is 23.1 Å². The van der Waals surface area contributed by atoms with Crippen LogP contribution in [-0.2, 0) is 4.79 Å². The van der Waals surface area contributed by atoms with Crippen LogP contribution in [0.5, 0.6) is 0 Å². The molecule has 1 atom stereocenters. The maximum absolute atomic E-state index is 12.8. The lowest BCUT2D eigenvalue weighted by molar-refractivity contribution is -0.120. The number of likely N-dealkylation sites (tertiary alicyclic amines) is 1. The number of nitrogens with zero attached hydrogens (tertiary/aromatic N) is 3. The molecule has 2 saturated heterocycles. The van der Waals surface area contributed by atoms with Crippen molar-refractivity contribution < 1.29 is 9.59 Å². The first-order chi connectivity index (χ1) is 12.0. The summed E-state index contributed by atoms with van der Waals surface area (Å²) in [6, 6.07) is 5.15. The molecule has 4 rings (SSSR count). The van der Waals surface area contributed by atoms with Gasteiger partial charge in [-0.15, -0.1) is 0 Å². The van der Waals surface area contributed by atoms with Crippen LogP contribution in [0.25, 0.3) is 0 Å². The van der Waals surface area contributed by atoms with Gasteiger partial charge in [0, 0.05) is 31.9 Å². The van der Waals surface area contributed by atoms with Gasteiger partial charge in [-0.1, -0.05) is 0 Å². The number of aromatic amines is 1. The van der Waals surface area contributed by atoms with E-state index in [9.17, 15) is 19.6 Å². The fraction of sp³-hybridized carbons (Fsp3) is 0.529. The molecule has 3 aliphatic rings. The maximum atomic E-state index is 12.8. The molecule has 1 saturated carbocycles. The summed E-state index contributed by atoms with van der Waals surface area (Å²) in [6.45, 7) is 2.03. The number of aromatic nitrogens is 1. The smallest absolute Gasteiger partial charge is 0.274 e. The molecule has 2 N–H and O–H groups in total. The van der Waals surface area contributed by atoms with Crippen molar-refractivity contribution in [1.29, 1.82) is 5.26 Å². The maximum Gasteiger partial charge on any atom is 0.274 e. The number of hydrogen-bond acceptors (Lipinski definition) is 5. The lowest BCUT2D eigenvalue weighted by Crippen LogP contribution is -2.53. The van der Waals surface area contributed by atoms with E-state index in [2.05, 4.69) is 21.4 Å². The normalized spacial score (nSPS) is 27.3. The van der Waals surface area contributed by atoms with Crippen LogP contribution in [0.2, 0.25) is 0 Å². The Balaban J connectivity index is 1.55. The highest BCUT2D eigenvalue weighted by atomic mass is 16.2. The number of carbonyl (C=O) groups excluding carboxylic acids is 2. The standard InChI is InChI=1S/C17H19N5O3/c18-9-16(3-4-16)10-21-6-5-17(11-21)7-14(24)20-22(17)15(25)12-1-2-13(23)19-8-12/h1-2,8H,3-7,10-11H2,(H,19,23)(H,20,24). The van der Waals surface area contributed by atoms with Crippen molar-refractivity contribution in [1.82, 2.24) is 20.3 Å². The van der Waals surface area contributed by atoms with Crippen LogP contribution >= 0.6 is 0 Å². The van der Waals surface area contributed by atoms with Crippen LogP contribution in [0.1, 0.15) is 36.0 Å². The van der Waals surface area contributed by atoms with Gasteiger partial charge in [-0.2, -0.15) is 5.26 Å². The predicted molar refractivity (Wildman–Crippen MR) is 87.1 cm³/mol. The van der Waals surface area contributed by atoms with Crippen molar-refractivity contribution in [2.45, 2.75) is 31.2 Å². The fourth-order valence-electron chi connectivity index (χ4n) is 3.89. The molecule has 1 aromatic heterocycles. The first kappa shape index (κ1) is 15.8. The number of amides is 2. The van der Waals surface area contributed by atoms with Gasteiger partial charge >= 0.3 is 0 Å². The van der Waals surface area contributed by atoms with E-state index < -0.39 is 5.54 Å². The van der Waals surface area contributed by atoms with E-state index in [1.165, 1.54) is 23.3 Å². The Labute approximate surface area is 144 Å². The Hall–Kier alpha value is -2.66. The molecule has 130 valence electrons. The molecule has 1 spiro atoms. The topological polar surface area (TPSA) is 109 Å². The van der Waals surface area contributed by atoms with E-state index >= 15 is 0 Å². The summed E-state index contributed by atoms with van der Waals surface area (Å²) in [7, 11) is 0. The van der Waals surface area contributed by atoms with Crippen LogP contribution in [0.4, 0.5) is 0 Å². The summed E-state index contributed by atoms with van der Waals surface area (Å²) in [5, 5.41) is 10.7. The molecule has 3 fully saturated rings. The van der Waals surface area contributed by atoms with E-state index in [-0.39, 0.29) is 29.2 Å². The largest absolute Gasteiger partial charge is 0.328 e. The van der Waals surface area contributed by atoms with E-state index in [4.69, 9.17) is 0 Å². The number of nitriles is 1. The Morgan fingerprint density at radius 1 is 1.28 bits per heavy atom. The van der Waals surface area contributed by atoms with Gasteiger partial charge in [0.1, 0.15) is 0 Å². The summed E-state index contributed by atoms with van der Waals surface area (Å²) in [4.78, 5) is 40.7. The monoisotopic (exact) mass is 341 g/mol. The average molecular weight is 341 g/mol. The molecule has 0 bridgehead atoms. The summed E-state index contributed by atoms with van der Waals surface area (Å²) in [5.41, 5.74) is 1.89. The van der Waals surface area contributed by atoms with Crippen molar-refractivity contribution >= 4 is 11.8 Å². The number of rotatable bonds is 3. The first-order valence-corrected chi connectivity index (χ1v) is 8.42. The van der Waals surface area contributed by atoms with Crippen LogP contribution < -0.4 is 11.0 Å². The molecule has 1 aliphatic carbocycles. The van der Waals surface area contributed by atoms with Gasteiger partial charge in [0.2, 0.25) is 11.5 Å². The molecule has 8 nitrogen and oxygen atoms in total. The van der Waals surface area contributed by atoms with Crippen molar-refractivity contribution in [2.24, 2.45) is 5.41 Å². The van der Waals surface area contributed by atoms with Gasteiger partial charge < -0.3 is 4.98 Å². The Morgan fingerprint density at radius 2 is 2.08 bits per heavy atom. The minimum Gasteiger partial charge on any atom is -0.328 e. The molecule has 1 unspecified atom stereocenters. The lowest BCUT2D eigenvalue weighted by Gasteiger charge is -2.33. The van der Waals surface area contributed by atoms with Crippen molar-refractivity contribution in [3.05, 3.63) is 34.2 Å². The Morgan fingerprint density at radius 3 is 2.72 bits per heavy atom. The quantitative estimate of drug-likeness (QED) is 0.804. The van der Waals surface area contributed by atoms with Gasteiger partial charge in [-0.25, -0.2) is 5.01 Å². The van der Waals surface area contributed by atoms with E-state index in [0.717, 1.165) is 19.4 Å². The molecule has 0 radical (unpaired) electrons. The molecule has 2 aliphatic heterocycles. The van der Waals surface area contributed by atoms with E-state index in [0.29, 0.717) is 25.1 Å². The summed E-state index contributed by atoms with van der Waals surface area (Å²) in [6.07, 6.45) is 4.15. The Kier molecular flexibility index (Phi) is 3.44. The molecular formula is C17H19N5O3. The van der Waals surface area contributed by atoms with Crippen LogP contribution in [-0.4, -0.2) is 51.9 Å². The minimum atomic E-state index is -0.587. The fourth-order valence-corrected chi connectivity index (χ4v) is 3.89. The zero-order valence-corrected chi connectivity index (χ0v) is 13.7. The van der Waals surface area contributed by atoms with Gasteiger partial charge in [-0.3, -0.25) is 24.7 Å². The molecule has 1 aromatic rings. The Bertz CT molecular complexity index is 817. The van der Waals surface area contributed by atoms with Crippen LogP contribution in [0, 0.1) is 16.7 Å². The van der Waals surface area contributed by atoms with E-state index in [1.54, 1.807) is 0 Å². The third kappa shape index (κ3) is 2.70. The molecule has 0 aromatic carbocycles. The summed E-state index contributed by atoms with van der Waals surface area (Å²) < 4.78 is 0. The zero-order valence-electron chi connectivity index (χ0n) is 13.7. The average Bonchev–Trinajstić information content (AvgIpc) is 3.15. The summed E-state index contributed by atoms with van der Waals surface area (Å²) >= 11 is 0. The second-order valence-electron chi connectivity index (χ2n) is 7.37. The van der Waals surface area contributed by atoms with Crippen molar-refractivity contribution in [2.75, 3.05) is 19.6 Å². The number of hydrogen-bond donors (Lipinski definition) is 2. The SMILES string of the molecule is N#CC1(CN2CCC3(CC(=O)NN3C(=O)c3ccc(=O)[nH]c3)C2)CC1. The zero-order chi connectivity index (χ0) is 17.7. The van der Waals surface area contributed by atoms with Crippen molar-refractivity contribution in [3.8, 4) is 6.07 Å². The van der Waals surface area contributed by atoms with Gasteiger partial charge in [0.25, 0.3) is 5.91 Å². The second kappa shape index (κ2) is 5.43. The highest BCUT2D eigenvalue weighted by Gasteiger charge is 2.54. The molecular weight excluding hydrogens is 322 g/mol. The van der Waals surface area contributed by atoms with Crippen molar-refractivity contribution in [3.63, 3.8) is 0 Å². The number of hydrazine groups is 1.